The summed E-state index contributed by atoms with van der Waals surface area (Å²) in [6.45, 7) is 2.86. The average Bonchev–Trinajstić information content (AvgIpc) is 3.56. The van der Waals surface area contributed by atoms with Gasteiger partial charge in [-0.25, -0.2) is 14.2 Å². The van der Waals surface area contributed by atoms with Crippen molar-refractivity contribution in [2.45, 2.75) is 18.6 Å². The number of benzene rings is 1. The number of hydrogen-bond donors (Lipinski definition) is 2. The van der Waals surface area contributed by atoms with Crippen LogP contribution in [0.2, 0.25) is 0 Å². The number of carboxylic acid groups (broad SMARTS) is 1. The van der Waals surface area contributed by atoms with Crippen LogP contribution >= 0.6 is 0 Å². The van der Waals surface area contributed by atoms with Crippen LogP contribution in [0.1, 0.15) is 21.6 Å². The minimum Gasteiger partial charge on any atom is -0.477 e. The van der Waals surface area contributed by atoms with E-state index in [1.165, 1.54) is 12.3 Å². The minimum absolute atomic E-state index is 0.0202. The smallest absolute Gasteiger partial charge is 0.341 e. The van der Waals surface area contributed by atoms with Crippen molar-refractivity contribution in [2.75, 3.05) is 50.6 Å². The fourth-order valence-corrected chi connectivity index (χ4v) is 6.64. The largest absolute Gasteiger partial charge is 0.477 e. The molecule has 0 spiro atoms. The van der Waals surface area contributed by atoms with E-state index in [9.17, 15) is 19.1 Å². The van der Waals surface area contributed by atoms with Crippen molar-refractivity contribution >= 4 is 28.4 Å². The second-order valence-electron chi connectivity index (χ2n) is 11.0. The van der Waals surface area contributed by atoms with Crippen molar-refractivity contribution in [1.82, 2.24) is 19.4 Å². The van der Waals surface area contributed by atoms with E-state index in [1.54, 1.807) is 43.2 Å². The summed E-state index contributed by atoms with van der Waals surface area (Å²) in [7, 11) is 5.55. The highest BCUT2D eigenvalue weighted by molar-refractivity contribution is 5.98. The van der Waals surface area contributed by atoms with Gasteiger partial charge in [-0.15, -0.1) is 0 Å². The molecule has 41 heavy (non-hydrogen) atoms. The van der Waals surface area contributed by atoms with Gasteiger partial charge in [0.25, 0.3) is 0 Å². The molecule has 7 rings (SSSR count). The van der Waals surface area contributed by atoms with Crippen LogP contribution in [0.15, 0.2) is 41.6 Å². The van der Waals surface area contributed by atoms with Gasteiger partial charge < -0.3 is 24.6 Å². The molecule has 0 amide bonds. The summed E-state index contributed by atoms with van der Waals surface area (Å²) < 4.78 is 22.6. The van der Waals surface area contributed by atoms with Crippen molar-refractivity contribution in [3.63, 3.8) is 0 Å². The number of halogens is 1. The zero-order valence-corrected chi connectivity index (χ0v) is 22.9. The summed E-state index contributed by atoms with van der Waals surface area (Å²) in [6.07, 6.45) is 5.34. The molecular weight excluding hydrogens is 527 g/mol. The van der Waals surface area contributed by atoms with Gasteiger partial charge >= 0.3 is 5.97 Å². The van der Waals surface area contributed by atoms with Crippen LogP contribution in [0.25, 0.3) is 33.3 Å². The van der Waals surface area contributed by atoms with Gasteiger partial charge in [-0.05, 0) is 36.4 Å². The highest BCUT2D eigenvalue weighted by Gasteiger charge is 2.41. The Kier molecular flexibility index (Phi) is 5.84. The van der Waals surface area contributed by atoms with Crippen molar-refractivity contribution in [3.8, 4) is 22.3 Å². The number of fused-ring (bicyclic) bond motifs is 5. The monoisotopic (exact) mass is 556 g/mol. The number of nitrogens with one attached hydrogen (secondary N) is 1. The summed E-state index contributed by atoms with van der Waals surface area (Å²) in [5.74, 6) is -1.63. The maximum absolute atomic E-state index is 14.9. The van der Waals surface area contributed by atoms with Crippen LogP contribution in [0.5, 0.6) is 0 Å². The Hall–Kier alpha value is -4.35. The van der Waals surface area contributed by atoms with Crippen molar-refractivity contribution in [3.05, 3.63) is 69.7 Å². The minimum atomic E-state index is -1.29. The molecule has 3 aromatic heterocycles. The van der Waals surface area contributed by atoms with Crippen LogP contribution in [0.3, 0.4) is 0 Å². The third-order valence-electron chi connectivity index (χ3n) is 8.68. The van der Waals surface area contributed by atoms with E-state index in [1.807, 2.05) is 0 Å². The zero-order chi connectivity index (χ0) is 28.6. The third kappa shape index (κ3) is 3.91. The lowest BCUT2D eigenvalue weighted by Gasteiger charge is -2.33. The van der Waals surface area contributed by atoms with Gasteiger partial charge in [0.15, 0.2) is 0 Å². The van der Waals surface area contributed by atoms with Gasteiger partial charge in [-0.3, -0.25) is 14.7 Å². The number of carboxylic acids is 1. The standard InChI is InChI=1S/C30H29FN6O4/c1-32-22-8-16(31)7-18-17(22)9-23-26(18)27(37-13-24-25(14-37)41-5-4-35(24)2)20(11-33-23)15-6-19-28(38)21(30(39)40)12-36(3)29(19)34-10-15/h6-8,10-12,24-25,32H,4-5,9,13-14H2,1-3H3,(H,39,40)/t24-,25+/m0/s1. The Morgan fingerprint density at radius 3 is 2.73 bits per heavy atom. The van der Waals surface area contributed by atoms with E-state index in [4.69, 9.17) is 9.72 Å². The lowest BCUT2D eigenvalue weighted by Crippen LogP contribution is -2.48. The third-order valence-corrected chi connectivity index (χ3v) is 8.68. The van der Waals surface area contributed by atoms with Gasteiger partial charge in [0, 0.05) is 81.1 Å². The predicted molar refractivity (Wildman–Crippen MR) is 153 cm³/mol. The van der Waals surface area contributed by atoms with Crippen LogP contribution < -0.4 is 15.6 Å². The maximum atomic E-state index is 14.9. The SMILES string of the molecule is CNc1cc(F)cc2c1Cc1ncc(-c3cnc4c(c3)c(=O)c(C(=O)O)cn4C)c(N3C[C@H]4OCCN(C)[C@H]4C3)c1-2. The first-order valence-electron chi connectivity index (χ1n) is 13.6. The Morgan fingerprint density at radius 1 is 1.15 bits per heavy atom. The Morgan fingerprint density at radius 2 is 1.98 bits per heavy atom. The summed E-state index contributed by atoms with van der Waals surface area (Å²) in [6, 6.07) is 4.95. The first-order chi connectivity index (χ1) is 19.7. The number of hydrogen-bond acceptors (Lipinski definition) is 8. The maximum Gasteiger partial charge on any atom is 0.341 e. The lowest BCUT2D eigenvalue weighted by molar-refractivity contribution is -0.0362. The molecule has 0 saturated carbocycles. The Balaban J connectivity index is 1.48. The summed E-state index contributed by atoms with van der Waals surface area (Å²) in [5, 5.41) is 12.9. The van der Waals surface area contributed by atoms with Gasteiger partial charge in [0.2, 0.25) is 5.43 Å². The molecule has 1 aromatic carbocycles. The number of aromatic carboxylic acids is 1. The predicted octanol–water partition coefficient (Wildman–Crippen LogP) is 2.96. The fourth-order valence-electron chi connectivity index (χ4n) is 6.64. The average molecular weight is 557 g/mol. The molecule has 2 saturated heterocycles. The number of ether oxygens (including phenoxy) is 1. The second kappa shape index (κ2) is 9.35. The molecular formula is C30H29FN6O4. The van der Waals surface area contributed by atoms with E-state index >= 15 is 0 Å². The molecule has 2 aliphatic heterocycles. The van der Waals surface area contributed by atoms with E-state index < -0.39 is 11.4 Å². The van der Waals surface area contributed by atoms with Crippen LogP contribution in [-0.4, -0.2) is 83.0 Å². The summed E-state index contributed by atoms with van der Waals surface area (Å²) in [5.41, 5.74) is 5.93. The van der Waals surface area contributed by atoms with Crippen molar-refractivity contribution in [2.24, 2.45) is 7.05 Å². The first kappa shape index (κ1) is 25.6. The molecule has 3 aliphatic rings. The molecule has 10 nitrogen and oxygen atoms in total. The number of morpholine rings is 1. The number of anilines is 2. The van der Waals surface area contributed by atoms with Crippen LogP contribution in [0.4, 0.5) is 15.8 Å². The number of nitrogens with zero attached hydrogens (tertiary/aromatic N) is 5. The molecule has 0 bridgehead atoms. The topological polar surface area (TPSA) is 113 Å². The van der Waals surface area contributed by atoms with E-state index in [0.29, 0.717) is 37.3 Å². The second-order valence-corrected chi connectivity index (χ2v) is 11.0. The van der Waals surface area contributed by atoms with Gasteiger partial charge in [-0.2, -0.15) is 0 Å². The number of likely N-dealkylation sites (N-methyl/N-ethyl adjacent to an activating group) is 1. The summed E-state index contributed by atoms with van der Waals surface area (Å²) >= 11 is 0. The van der Waals surface area contributed by atoms with Crippen molar-refractivity contribution < 1.29 is 19.0 Å². The van der Waals surface area contributed by atoms with Gasteiger partial charge in [0.1, 0.15) is 17.0 Å². The van der Waals surface area contributed by atoms with Crippen molar-refractivity contribution in [1.29, 1.82) is 0 Å². The molecule has 2 fully saturated rings. The number of rotatable bonds is 4. The molecule has 1 aliphatic carbocycles. The van der Waals surface area contributed by atoms with Gasteiger partial charge in [0.05, 0.1) is 35.5 Å². The zero-order valence-electron chi connectivity index (χ0n) is 22.9. The molecule has 11 heteroatoms. The lowest BCUT2D eigenvalue weighted by atomic mass is 9.97. The quantitative estimate of drug-likeness (QED) is 0.345. The van der Waals surface area contributed by atoms with Crippen LogP contribution in [-0.2, 0) is 18.2 Å². The molecule has 4 aromatic rings. The molecule has 2 N–H and O–H groups in total. The van der Waals surface area contributed by atoms with Crippen LogP contribution in [0, 0.1) is 5.82 Å². The van der Waals surface area contributed by atoms with E-state index in [-0.39, 0.29) is 28.9 Å². The number of aryl methyl sites for hydroxylation is 1. The first-order valence-corrected chi connectivity index (χ1v) is 13.6. The molecule has 2 atom stereocenters. The molecule has 0 unspecified atom stereocenters. The normalized spacial score (nSPS) is 19.8. The fraction of sp³-hybridized carbons (Fsp3) is 0.333. The Labute approximate surface area is 235 Å². The Bertz CT molecular complexity index is 1820. The highest BCUT2D eigenvalue weighted by atomic mass is 19.1. The molecule has 0 radical (unpaired) electrons. The molecule has 210 valence electrons. The van der Waals surface area contributed by atoms with E-state index in [0.717, 1.165) is 45.9 Å². The number of pyridine rings is 3. The highest BCUT2D eigenvalue weighted by Crippen LogP contribution is 2.49. The van der Waals surface area contributed by atoms with Gasteiger partial charge in [-0.1, -0.05) is 0 Å². The number of carbonyl (C=O) groups is 1. The van der Waals surface area contributed by atoms with E-state index in [2.05, 4.69) is 27.1 Å². The number of aromatic nitrogens is 3. The molecule has 5 heterocycles. The summed E-state index contributed by atoms with van der Waals surface area (Å²) in [4.78, 5) is 39.0.